The van der Waals surface area contributed by atoms with E-state index >= 15 is 0 Å². The molecule has 19 heteroatoms. The van der Waals surface area contributed by atoms with Crippen molar-refractivity contribution in [3.8, 4) is 5.75 Å². The van der Waals surface area contributed by atoms with Crippen molar-refractivity contribution in [3.05, 3.63) is 130 Å². The molecule has 0 spiro atoms. The lowest BCUT2D eigenvalue weighted by atomic mass is 10.1. The first-order valence-electron chi connectivity index (χ1n) is 12.9. The van der Waals surface area contributed by atoms with Crippen LogP contribution in [0.2, 0.25) is 0 Å². The van der Waals surface area contributed by atoms with Crippen molar-refractivity contribution in [2.45, 2.75) is 6.18 Å². The molecule has 0 saturated heterocycles. The van der Waals surface area contributed by atoms with Crippen LogP contribution in [0, 0.1) is 10.1 Å². The number of pyridine rings is 3. The summed E-state index contributed by atoms with van der Waals surface area (Å²) < 4.78 is 36.4. The summed E-state index contributed by atoms with van der Waals surface area (Å²) in [6, 6.07) is 14.7. The van der Waals surface area contributed by atoms with E-state index in [1.54, 1.807) is 24.3 Å². The van der Waals surface area contributed by atoms with Crippen molar-refractivity contribution < 1.29 is 62.8 Å². The molecule has 5 aromatic rings. The average Bonchev–Trinajstić information content (AvgIpc) is 3.05. The molecule has 2 aromatic carbocycles. The van der Waals surface area contributed by atoms with Crippen molar-refractivity contribution in [2.24, 2.45) is 0 Å². The van der Waals surface area contributed by atoms with Gasteiger partial charge in [-0.05, 0) is 36.4 Å². The zero-order chi connectivity index (χ0) is 36.9. The van der Waals surface area contributed by atoms with Gasteiger partial charge >= 0.3 is 30.1 Å². The predicted molar refractivity (Wildman–Crippen MR) is 162 cm³/mol. The van der Waals surface area contributed by atoms with E-state index in [4.69, 9.17) is 26.2 Å². The number of carboxylic acid groups (broad SMARTS) is 4. The topological polar surface area (TPSA) is 277 Å². The third-order valence-electron chi connectivity index (χ3n) is 5.70. The number of aromatic carboxylic acids is 4. The largest absolute Gasteiger partial charge is 0.506 e. The first-order chi connectivity index (χ1) is 22.9. The maximum atomic E-state index is 12.1. The molecule has 49 heavy (non-hydrogen) atoms. The Hall–Kier alpha value is -7.18. The van der Waals surface area contributed by atoms with Gasteiger partial charge in [-0.25, -0.2) is 24.2 Å². The highest BCUT2D eigenvalue weighted by molar-refractivity contribution is 6.03. The molecule has 5 rings (SSSR count). The van der Waals surface area contributed by atoms with Crippen molar-refractivity contribution in [1.82, 2.24) is 15.0 Å². The fourth-order valence-corrected chi connectivity index (χ4v) is 3.49. The van der Waals surface area contributed by atoms with Crippen LogP contribution in [-0.2, 0) is 6.18 Å². The van der Waals surface area contributed by atoms with E-state index in [2.05, 4.69) is 15.0 Å². The molecule has 3 heterocycles. The average molecular weight is 686 g/mol. The summed E-state index contributed by atoms with van der Waals surface area (Å²) in [6.07, 6.45) is -0.272. The summed E-state index contributed by atoms with van der Waals surface area (Å²) in [4.78, 5) is 62.2. The molecule has 0 saturated carbocycles. The second-order valence-electron chi connectivity index (χ2n) is 8.92. The predicted octanol–water partition coefficient (Wildman–Crippen LogP) is 5.09. The number of nitrogens with two attached hydrogens (primary N) is 1. The highest BCUT2D eigenvalue weighted by Gasteiger charge is 2.35. The number of alkyl halides is 3. The molecule has 0 amide bonds. The van der Waals surface area contributed by atoms with Gasteiger partial charge in [0.1, 0.15) is 17.0 Å². The van der Waals surface area contributed by atoms with Gasteiger partial charge in [-0.3, -0.25) is 20.1 Å². The number of hydrogen-bond donors (Lipinski definition) is 6. The van der Waals surface area contributed by atoms with Crippen LogP contribution in [0.3, 0.4) is 0 Å². The lowest BCUT2D eigenvalue weighted by Crippen LogP contribution is -2.12. The van der Waals surface area contributed by atoms with E-state index < -0.39 is 46.1 Å². The minimum Gasteiger partial charge on any atom is -0.506 e. The molecule has 0 aliphatic rings. The van der Waals surface area contributed by atoms with Crippen LogP contribution in [0.1, 0.15) is 47.1 Å². The molecule has 0 bridgehead atoms. The Morgan fingerprint density at radius 2 is 1.39 bits per heavy atom. The van der Waals surface area contributed by atoms with Crippen LogP contribution >= 0.6 is 0 Å². The Balaban J connectivity index is 0.000000229. The zero-order valence-corrected chi connectivity index (χ0v) is 24.3. The van der Waals surface area contributed by atoms with E-state index in [0.29, 0.717) is 23.2 Å². The summed E-state index contributed by atoms with van der Waals surface area (Å²) >= 11 is 0. The number of phenols is 1. The lowest BCUT2D eigenvalue weighted by Gasteiger charge is -2.08. The number of aromatic nitrogens is 3. The summed E-state index contributed by atoms with van der Waals surface area (Å²) in [6.45, 7) is 0. The highest BCUT2D eigenvalue weighted by Crippen LogP contribution is 2.31. The summed E-state index contributed by atoms with van der Waals surface area (Å²) in [5.41, 5.74) is 3.27. The summed E-state index contributed by atoms with van der Waals surface area (Å²) in [5.74, 6) is -4.94. The Labute approximate surface area is 271 Å². The van der Waals surface area contributed by atoms with Gasteiger partial charge in [-0.2, -0.15) is 13.2 Å². The van der Waals surface area contributed by atoms with Gasteiger partial charge < -0.3 is 31.3 Å². The second-order valence-corrected chi connectivity index (χ2v) is 8.92. The molecule has 7 N–H and O–H groups in total. The molecule has 0 aliphatic carbocycles. The number of rotatable bonds is 5. The van der Waals surface area contributed by atoms with Crippen molar-refractivity contribution >= 4 is 46.2 Å². The molecular weight excluding hydrogens is 663 g/mol. The van der Waals surface area contributed by atoms with Crippen LogP contribution in [0.25, 0.3) is 10.9 Å². The number of nitrogens with zero attached hydrogens (tertiary/aromatic N) is 4. The Morgan fingerprint density at radius 3 is 1.88 bits per heavy atom. The molecule has 0 atom stereocenters. The van der Waals surface area contributed by atoms with E-state index in [1.165, 1.54) is 36.7 Å². The van der Waals surface area contributed by atoms with E-state index in [1.807, 2.05) is 0 Å². The Morgan fingerprint density at radius 1 is 0.735 bits per heavy atom. The zero-order valence-electron chi connectivity index (χ0n) is 24.3. The third kappa shape index (κ3) is 11.0. The molecule has 0 radical (unpaired) electrons. The number of nitrogen functional groups attached to an aromatic ring is 1. The van der Waals surface area contributed by atoms with Gasteiger partial charge in [0.2, 0.25) is 0 Å². The molecule has 254 valence electrons. The SMILES string of the molecule is Nc1ccc([N+](=O)[O-])cc1C(=O)O.O=C(O)c1ccccn1.O=C(O)c1ccnc2c(O)cccc12.O=C(O)c1cnccc1C(F)(F)F. The minimum absolute atomic E-state index is 0.00870. The Kier molecular flexibility index (Phi) is 13.1. The monoisotopic (exact) mass is 685 g/mol. The van der Waals surface area contributed by atoms with E-state index in [9.17, 15) is 47.6 Å². The normalized spacial score (nSPS) is 10.1. The fraction of sp³-hybridized carbons (Fsp3) is 0.0333. The number of carbonyl (C=O) groups is 4. The number of fused-ring (bicyclic) bond motifs is 1. The third-order valence-corrected chi connectivity index (χ3v) is 5.70. The van der Waals surface area contributed by atoms with Crippen LogP contribution in [0.15, 0.2) is 91.5 Å². The number of halogens is 3. The standard InChI is InChI=1S/C10H7NO3.C7H4F3NO2.C7H6N2O4.C6H5NO2/c12-8-3-1-2-6-7(10(13)14)4-5-11-9(6)8;8-7(9,10)5-1-2-11-3-4(5)6(12)13;8-6-2-1-4(9(12)13)3-5(6)7(10)11;8-6(9)5-3-1-2-4-7-5/h1-5,12H,(H,13,14);1-3H,(H,12,13);1-3H,8H2,(H,10,11);1-4H,(H,8,9). The lowest BCUT2D eigenvalue weighted by molar-refractivity contribution is -0.384. The van der Waals surface area contributed by atoms with Crippen LogP contribution in [0.4, 0.5) is 24.5 Å². The van der Waals surface area contributed by atoms with Gasteiger partial charge in [0, 0.05) is 48.0 Å². The first-order valence-corrected chi connectivity index (χ1v) is 12.9. The smallest absolute Gasteiger partial charge is 0.417 e. The molecule has 0 aliphatic heterocycles. The molecule has 0 unspecified atom stereocenters. The summed E-state index contributed by atoms with van der Waals surface area (Å²) in [7, 11) is 0. The quantitative estimate of drug-likeness (QED) is 0.0798. The van der Waals surface area contributed by atoms with Crippen LogP contribution in [0.5, 0.6) is 5.75 Å². The van der Waals surface area contributed by atoms with Crippen molar-refractivity contribution in [1.29, 1.82) is 0 Å². The molecule has 0 fully saturated rings. The van der Waals surface area contributed by atoms with Crippen LogP contribution < -0.4 is 5.73 Å². The van der Waals surface area contributed by atoms with E-state index in [-0.39, 0.29) is 33.9 Å². The second kappa shape index (κ2) is 16.9. The fourth-order valence-electron chi connectivity index (χ4n) is 3.49. The van der Waals surface area contributed by atoms with Crippen molar-refractivity contribution in [3.63, 3.8) is 0 Å². The molecule has 3 aromatic heterocycles. The highest BCUT2D eigenvalue weighted by atomic mass is 19.4. The maximum Gasteiger partial charge on any atom is 0.417 e. The number of anilines is 1. The van der Waals surface area contributed by atoms with Gasteiger partial charge in [0.15, 0.2) is 0 Å². The van der Waals surface area contributed by atoms with Crippen molar-refractivity contribution in [2.75, 3.05) is 5.73 Å². The number of hydrogen-bond acceptors (Lipinski definition) is 11. The number of carboxylic acids is 4. The minimum atomic E-state index is -4.66. The first kappa shape index (κ1) is 38.0. The summed E-state index contributed by atoms with van der Waals surface area (Å²) in [5, 5.41) is 54.3. The molecular formula is C30H22F3N5O11. The number of non-ortho nitro benzene ring substituents is 1. The van der Waals surface area contributed by atoms with E-state index in [0.717, 1.165) is 18.3 Å². The maximum absolute atomic E-state index is 12.1. The van der Waals surface area contributed by atoms with Crippen LogP contribution in [-0.4, -0.2) is 69.3 Å². The van der Waals surface area contributed by atoms with Gasteiger partial charge in [-0.15, -0.1) is 0 Å². The van der Waals surface area contributed by atoms with Gasteiger partial charge in [0.05, 0.1) is 27.2 Å². The number of nitro groups is 1. The number of nitro benzene ring substituents is 1. The van der Waals surface area contributed by atoms with Gasteiger partial charge in [-0.1, -0.05) is 18.2 Å². The number of aromatic hydroxyl groups is 1. The molecule has 16 nitrogen and oxygen atoms in total. The van der Waals surface area contributed by atoms with Gasteiger partial charge in [0.25, 0.3) is 5.69 Å². The number of para-hydroxylation sites is 1. The number of phenolic OH excluding ortho intramolecular Hbond substituents is 1. The number of benzene rings is 2. The Bertz CT molecular complexity index is 1990.